The third kappa shape index (κ3) is 2.39. The second-order valence-corrected chi connectivity index (χ2v) is 6.97. The maximum absolute atomic E-state index is 10.5. The Kier molecular flexibility index (Phi) is 3.78. The molecule has 5 heteroatoms. The average molecular weight is 333 g/mol. The Morgan fingerprint density at radius 3 is 3.06 bits per heavy atom. The number of hydrogen-bond donors (Lipinski definition) is 1. The van der Waals surface area contributed by atoms with Crippen LogP contribution in [-0.4, -0.2) is 30.5 Å². The van der Waals surface area contributed by atoms with Crippen molar-refractivity contribution in [1.82, 2.24) is 0 Å². The molecule has 18 heavy (non-hydrogen) atoms. The molecule has 1 N–H and O–H groups in total. The summed E-state index contributed by atoms with van der Waals surface area (Å²) in [4.78, 5) is 1.04. The predicted octanol–water partition coefficient (Wildman–Crippen LogP) is 3.13. The van der Waals surface area contributed by atoms with Gasteiger partial charge in [-0.1, -0.05) is 0 Å². The third-order valence-corrected chi connectivity index (χ3v) is 5.90. The lowest BCUT2D eigenvalue weighted by Crippen LogP contribution is -2.41. The van der Waals surface area contributed by atoms with Crippen molar-refractivity contribution in [3.63, 3.8) is 0 Å². The fourth-order valence-electron chi connectivity index (χ4n) is 2.93. The van der Waals surface area contributed by atoms with Crippen LogP contribution in [0.25, 0.3) is 0 Å². The van der Waals surface area contributed by atoms with Gasteiger partial charge in [-0.3, -0.25) is 0 Å². The highest BCUT2D eigenvalue weighted by Gasteiger charge is 2.43. The molecule has 3 nitrogen and oxygen atoms in total. The summed E-state index contributed by atoms with van der Waals surface area (Å²) < 4.78 is 12.4. The average Bonchev–Trinajstić information content (AvgIpc) is 2.98. The van der Waals surface area contributed by atoms with Crippen molar-refractivity contribution in [3.8, 4) is 0 Å². The van der Waals surface area contributed by atoms with Crippen LogP contribution in [0.3, 0.4) is 0 Å². The zero-order valence-electron chi connectivity index (χ0n) is 10.1. The number of rotatable bonds is 2. The highest BCUT2D eigenvalue weighted by Crippen LogP contribution is 2.43. The molecule has 2 aliphatic rings. The van der Waals surface area contributed by atoms with E-state index in [4.69, 9.17) is 9.47 Å². The first-order chi connectivity index (χ1) is 8.70. The van der Waals surface area contributed by atoms with Crippen LogP contribution >= 0.6 is 27.3 Å². The fraction of sp³-hybridized carbons (Fsp3) is 0.692. The summed E-state index contributed by atoms with van der Waals surface area (Å²) in [6, 6.07) is 2.00. The van der Waals surface area contributed by atoms with Gasteiger partial charge in [0.05, 0.1) is 18.3 Å². The lowest BCUT2D eigenvalue weighted by atomic mass is 9.82. The molecule has 1 spiro atoms. The van der Waals surface area contributed by atoms with Crippen LogP contribution in [0.2, 0.25) is 0 Å². The maximum atomic E-state index is 10.5. The molecule has 0 aromatic carbocycles. The Labute approximate surface area is 119 Å². The quantitative estimate of drug-likeness (QED) is 0.904. The monoisotopic (exact) mass is 332 g/mol. The first kappa shape index (κ1) is 13.1. The summed E-state index contributed by atoms with van der Waals surface area (Å²) in [7, 11) is 0. The van der Waals surface area contributed by atoms with E-state index in [1.54, 1.807) is 11.3 Å². The van der Waals surface area contributed by atoms with Gasteiger partial charge in [-0.05, 0) is 46.1 Å². The predicted molar refractivity (Wildman–Crippen MR) is 73.8 cm³/mol. The Morgan fingerprint density at radius 2 is 2.39 bits per heavy atom. The Bertz CT molecular complexity index is 414. The van der Waals surface area contributed by atoms with Crippen molar-refractivity contribution in [2.75, 3.05) is 19.8 Å². The molecule has 3 rings (SSSR count). The largest absolute Gasteiger partial charge is 0.387 e. The second-order valence-electron chi connectivity index (χ2n) is 5.16. The lowest BCUT2D eigenvalue weighted by molar-refractivity contribution is -0.116. The molecule has 100 valence electrons. The molecule has 2 saturated heterocycles. The molecule has 3 unspecified atom stereocenters. The minimum Gasteiger partial charge on any atom is -0.387 e. The number of hydrogen-bond acceptors (Lipinski definition) is 4. The van der Waals surface area contributed by atoms with Gasteiger partial charge in [0, 0.05) is 29.0 Å². The zero-order chi connectivity index (χ0) is 12.6. The molecule has 1 aromatic heterocycles. The number of aliphatic hydroxyl groups is 1. The molecule has 0 bridgehead atoms. The zero-order valence-corrected chi connectivity index (χ0v) is 12.5. The molecule has 3 heterocycles. The molecular weight excluding hydrogens is 316 g/mol. The van der Waals surface area contributed by atoms with Crippen molar-refractivity contribution < 1.29 is 14.6 Å². The van der Waals surface area contributed by atoms with Gasteiger partial charge >= 0.3 is 0 Å². The molecule has 0 saturated carbocycles. The van der Waals surface area contributed by atoms with Crippen molar-refractivity contribution in [2.45, 2.75) is 31.0 Å². The molecule has 2 fully saturated rings. The molecule has 0 amide bonds. The molecule has 3 atom stereocenters. The van der Waals surface area contributed by atoms with E-state index in [1.807, 2.05) is 11.4 Å². The van der Waals surface area contributed by atoms with E-state index < -0.39 is 0 Å². The summed E-state index contributed by atoms with van der Waals surface area (Å²) in [5, 5.41) is 12.6. The normalized spacial score (nSPS) is 34.0. The van der Waals surface area contributed by atoms with Gasteiger partial charge in [-0.25, -0.2) is 0 Å². The topological polar surface area (TPSA) is 38.7 Å². The summed E-state index contributed by atoms with van der Waals surface area (Å²) in [5.41, 5.74) is -0.131. The number of aliphatic hydroxyl groups excluding tert-OH is 1. The van der Waals surface area contributed by atoms with Gasteiger partial charge in [0.1, 0.15) is 0 Å². The molecule has 0 aliphatic carbocycles. The van der Waals surface area contributed by atoms with E-state index in [-0.39, 0.29) is 17.6 Å². The standard InChI is InChI=1S/C13H17BrO3S/c14-10-2-6-18-12(10)11(15)9-1-4-17-13(7-9)3-5-16-8-13/h2,6,9,11,15H,1,3-5,7-8H2. The summed E-state index contributed by atoms with van der Waals surface area (Å²) in [5.74, 6) is 0.274. The molecule has 1 aromatic rings. The van der Waals surface area contributed by atoms with E-state index >= 15 is 0 Å². The number of ether oxygens (including phenoxy) is 2. The summed E-state index contributed by atoms with van der Waals surface area (Å²) in [6.07, 6.45) is 2.40. The van der Waals surface area contributed by atoms with E-state index in [2.05, 4.69) is 15.9 Å². The first-order valence-electron chi connectivity index (χ1n) is 6.33. The van der Waals surface area contributed by atoms with Gasteiger partial charge in [0.25, 0.3) is 0 Å². The number of halogens is 1. The Balaban J connectivity index is 1.74. The van der Waals surface area contributed by atoms with Crippen LogP contribution in [0.4, 0.5) is 0 Å². The maximum Gasteiger partial charge on any atom is 0.0940 e. The van der Waals surface area contributed by atoms with Crippen LogP contribution in [0.5, 0.6) is 0 Å². The molecular formula is C13H17BrO3S. The summed E-state index contributed by atoms with van der Waals surface area (Å²) >= 11 is 5.12. The Morgan fingerprint density at radius 1 is 1.50 bits per heavy atom. The van der Waals surface area contributed by atoms with Crippen molar-refractivity contribution in [2.24, 2.45) is 5.92 Å². The van der Waals surface area contributed by atoms with Crippen LogP contribution in [0, 0.1) is 5.92 Å². The third-order valence-electron chi connectivity index (χ3n) is 3.96. The highest BCUT2D eigenvalue weighted by molar-refractivity contribution is 9.10. The smallest absolute Gasteiger partial charge is 0.0940 e. The minimum atomic E-state index is -0.388. The van der Waals surface area contributed by atoms with Crippen LogP contribution in [0.1, 0.15) is 30.2 Å². The van der Waals surface area contributed by atoms with Crippen LogP contribution in [-0.2, 0) is 9.47 Å². The minimum absolute atomic E-state index is 0.131. The van der Waals surface area contributed by atoms with Gasteiger partial charge < -0.3 is 14.6 Å². The summed E-state index contributed by atoms with van der Waals surface area (Å²) in [6.45, 7) is 2.20. The van der Waals surface area contributed by atoms with Crippen molar-refractivity contribution in [1.29, 1.82) is 0 Å². The first-order valence-corrected chi connectivity index (χ1v) is 8.00. The van der Waals surface area contributed by atoms with E-state index in [1.165, 1.54) is 0 Å². The van der Waals surface area contributed by atoms with Gasteiger partial charge in [0.2, 0.25) is 0 Å². The van der Waals surface area contributed by atoms with E-state index in [0.717, 1.165) is 41.8 Å². The SMILES string of the molecule is OC(c1sccc1Br)C1CCOC2(CCOC2)C1. The highest BCUT2D eigenvalue weighted by atomic mass is 79.9. The molecule has 0 radical (unpaired) electrons. The van der Waals surface area contributed by atoms with Crippen molar-refractivity contribution >= 4 is 27.3 Å². The Hall–Kier alpha value is 0.0600. The van der Waals surface area contributed by atoms with Gasteiger partial charge in [-0.15, -0.1) is 11.3 Å². The van der Waals surface area contributed by atoms with Crippen molar-refractivity contribution in [3.05, 3.63) is 20.8 Å². The van der Waals surface area contributed by atoms with Gasteiger partial charge in [0.15, 0.2) is 0 Å². The van der Waals surface area contributed by atoms with Gasteiger partial charge in [-0.2, -0.15) is 0 Å². The van der Waals surface area contributed by atoms with E-state index in [9.17, 15) is 5.11 Å². The lowest BCUT2D eigenvalue weighted by Gasteiger charge is -2.38. The number of thiophene rings is 1. The van der Waals surface area contributed by atoms with Crippen LogP contribution < -0.4 is 0 Å². The molecule has 2 aliphatic heterocycles. The fourth-order valence-corrected chi connectivity index (χ4v) is 4.61. The van der Waals surface area contributed by atoms with Crippen LogP contribution in [0.15, 0.2) is 15.9 Å². The van der Waals surface area contributed by atoms with E-state index in [0.29, 0.717) is 6.61 Å². The second kappa shape index (κ2) is 5.21.